The zero-order chi connectivity index (χ0) is 14.4. The molecule has 0 amide bonds. The summed E-state index contributed by atoms with van der Waals surface area (Å²) in [6.45, 7) is 12.8. The second kappa shape index (κ2) is 8.51. The molecule has 0 atom stereocenters. The molecule has 113 valence electrons. The first-order valence-electron chi connectivity index (χ1n) is 6.05. The van der Waals surface area contributed by atoms with Crippen LogP contribution in [0.2, 0.25) is 0 Å². The number of hydrogen-bond acceptors (Lipinski definition) is 6. The number of hydrogen-bond donors (Lipinski definition) is 4. The first-order chi connectivity index (χ1) is 8.17. The topological polar surface area (TPSA) is 89.2 Å². The molecule has 0 heterocycles. The van der Waals surface area contributed by atoms with Crippen molar-refractivity contribution < 1.29 is 26.9 Å². The number of nitrogens with one attached hydrogen (secondary N) is 2. The summed E-state index contributed by atoms with van der Waals surface area (Å²) < 4.78 is 0. The van der Waals surface area contributed by atoms with E-state index in [2.05, 4.69) is 20.9 Å². The van der Waals surface area contributed by atoms with Gasteiger partial charge in [-0.05, 0) is 41.5 Å². The minimum atomic E-state index is -0.347. The van der Waals surface area contributed by atoms with Crippen LogP contribution in [0.5, 0.6) is 0 Å². The molecule has 0 aliphatic carbocycles. The Labute approximate surface area is 125 Å². The van der Waals surface area contributed by atoms with E-state index in [9.17, 15) is 0 Å². The molecule has 0 spiro atoms. The van der Waals surface area contributed by atoms with Gasteiger partial charge in [-0.3, -0.25) is 0 Å². The zero-order valence-electron chi connectivity index (χ0n) is 12.5. The summed E-state index contributed by atoms with van der Waals surface area (Å²) in [5.41, 5.74) is 0.575. The van der Waals surface area contributed by atoms with Gasteiger partial charge < -0.3 is 21.0 Å². The van der Waals surface area contributed by atoms with Crippen molar-refractivity contribution in [2.24, 2.45) is 10.3 Å². The maximum atomic E-state index is 8.75. The fourth-order valence-electron chi connectivity index (χ4n) is 1.26. The first kappa shape index (κ1) is 20.7. The van der Waals surface area contributed by atoms with Crippen molar-refractivity contribution in [2.75, 3.05) is 13.1 Å². The Kier molecular flexibility index (Phi) is 9.26. The molecular weight excluding hydrogens is 291 g/mol. The Bertz CT molecular complexity index is 296. The Morgan fingerprint density at radius 1 is 0.842 bits per heavy atom. The Balaban J connectivity index is 0. The second-order valence-electron chi connectivity index (χ2n) is 5.47. The van der Waals surface area contributed by atoms with E-state index in [1.54, 1.807) is 13.8 Å². The fourth-order valence-corrected chi connectivity index (χ4v) is 1.26. The molecule has 0 rings (SSSR count). The smallest absolute Gasteiger partial charge is 0.411 e. The molecule has 6 nitrogen and oxygen atoms in total. The van der Waals surface area contributed by atoms with Crippen LogP contribution in [0.25, 0.3) is 0 Å². The molecule has 19 heavy (non-hydrogen) atoms. The minimum Gasteiger partial charge on any atom is -0.411 e. The molecule has 0 aromatic heterocycles. The summed E-state index contributed by atoms with van der Waals surface area (Å²) in [6.07, 6.45) is 0. The van der Waals surface area contributed by atoms with Gasteiger partial charge in [-0.2, -0.15) is 0 Å². The maximum Gasteiger partial charge on any atom is 3.00 e. The van der Waals surface area contributed by atoms with Gasteiger partial charge in [0.2, 0.25) is 0 Å². The van der Waals surface area contributed by atoms with Crippen molar-refractivity contribution in [3.63, 3.8) is 0 Å². The molecule has 0 bridgehead atoms. The summed E-state index contributed by atoms with van der Waals surface area (Å²) in [5, 5.41) is 30.5. The molecule has 0 unspecified atom stereocenters. The third kappa shape index (κ3) is 6.90. The Hall–Kier alpha value is -0.646. The zero-order valence-corrected chi connectivity index (χ0v) is 13.5. The van der Waals surface area contributed by atoms with Crippen LogP contribution in [0, 0.1) is 0 Å². The van der Waals surface area contributed by atoms with E-state index in [1.807, 2.05) is 27.7 Å². The van der Waals surface area contributed by atoms with Crippen molar-refractivity contribution >= 4 is 11.4 Å². The van der Waals surface area contributed by atoms with Gasteiger partial charge in [0.1, 0.15) is 0 Å². The molecule has 0 fully saturated rings. The van der Waals surface area contributed by atoms with Crippen LogP contribution in [0.1, 0.15) is 41.5 Å². The Morgan fingerprint density at radius 3 is 1.32 bits per heavy atom. The molecule has 7 heteroatoms. The molecule has 4 N–H and O–H groups in total. The molecule has 0 saturated carbocycles. The maximum absolute atomic E-state index is 8.75. The summed E-state index contributed by atoms with van der Waals surface area (Å²) >= 11 is 0. The number of oxime groups is 2. The average Bonchev–Trinajstić information content (AvgIpc) is 2.32. The minimum absolute atomic E-state index is 0. The first-order valence-corrected chi connectivity index (χ1v) is 6.05. The van der Waals surface area contributed by atoms with E-state index in [0.717, 1.165) is 0 Å². The van der Waals surface area contributed by atoms with Crippen LogP contribution < -0.4 is 10.6 Å². The molecule has 0 aliphatic heterocycles. The largest absolute Gasteiger partial charge is 3.00 e. The van der Waals surface area contributed by atoms with Crippen LogP contribution in [0.4, 0.5) is 0 Å². The van der Waals surface area contributed by atoms with Crippen molar-refractivity contribution in [2.45, 2.75) is 52.6 Å². The van der Waals surface area contributed by atoms with Crippen molar-refractivity contribution in [1.29, 1.82) is 0 Å². The van der Waals surface area contributed by atoms with Crippen LogP contribution in [-0.4, -0.2) is 46.0 Å². The van der Waals surface area contributed by atoms with Gasteiger partial charge in [0.25, 0.3) is 0 Å². The van der Waals surface area contributed by atoms with Crippen LogP contribution in [0.3, 0.4) is 0 Å². The summed E-state index contributed by atoms with van der Waals surface area (Å²) in [7, 11) is 0. The normalized spacial score (nSPS) is 14.2. The predicted octanol–water partition coefficient (Wildman–Crippen LogP) is 1.42. The molecule has 0 saturated heterocycles. The summed E-state index contributed by atoms with van der Waals surface area (Å²) in [6, 6.07) is 0. The fraction of sp³-hybridized carbons (Fsp3) is 0.833. The van der Waals surface area contributed by atoms with Crippen molar-refractivity contribution in [3.05, 3.63) is 0 Å². The van der Waals surface area contributed by atoms with Crippen molar-refractivity contribution in [3.8, 4) is 0 Å². The van der Waals surface area contributed by atoms with Crippen LogP contribution in [-0.2, 0) is 16.5 Å². The number of nitrogens with zero attached hydrogens (tertiary/aromatic N) is 2. The SMILES string of the molecule is CC(=NO)C(C)(C)NCCNC(C)(C)C(C)=NO.[Ni+3]. The average molecular weight is 317 g/mol. The summed E-state index contributed by atoms with van der Waals surface area (Å²) in [4.78, 5) is 0. The predicted molar refractivity (Wildman–Crippen MR) is 74.0 cm³/mol. The van der Waals surface area contributed by atoms with E-state index < -0.39 is 0 Å². The van der Waals surface area contributed by atoms with Crippen LogP contribution >= 0.6 is 0 Å². The second-order valence-corrected chi connectivity index (χ2v) is 5.47. The van der Waals surface area contributed by atoms with Gasteiger partial charge in [-0.15, -0.1) is 0 Å². The van der Waals surface area contributed by atoms with E-state index in [4.69, 9.17) is 10.4 Å². The third-order valence-electron chi connectivity index (χ3n) is 3.37. The van der Waals surface area contributed by atoms with Gasteiger partial charge in [0, 0.05) is 13.1 Å². The standard InChI is InChI=1S/C12H26N4O2.Ni/c1-9(15-17)11(3,4)13-7-8-14-12(5,6)10(2)16-18;/h13-14,17-18H,7-8H2,1-6H3;/q;+3. The molecule has 0 aliphatic rings. The van der Waals surface area contributed by atoms with Gasteiger partial charge in [-0.25, -0.2) is 0 Å². The van der Waals surface area contributed by atoms with E-state index in [1.165, 1.54) is 0 Å². The van der Waals surface area contributed by atoms with E-state index in [-0.39, 0.29) is 27.6 Å². The monoisotopic (exact) mass is 316 g/mol. The molecular formula is C12H26N4NiO2+3. The van der Waals surface area contributed by atoms with Gasteiger partial charge >= 0.3 is 16.5 Å². The summed E-state index contributed by atoms with van der Waals surface area (Å²) in [5.74, 6) is 0. The number of rotatable bonds is 7. The van der Waals surface area contributed by atoms with Gasteiger partial charge in [-0.1, -0.05) is 10.3 Å². The van der Waals surface area contributed by atoms with Crippen molar-refractivity contribution in [1.82, 2.24) is 10.6 Å². The quantitative estimate of drug-likeness (QED) is 0.188. The molecule has 0 aromatic carbocycles. The van der Waals surface area contributed by atoms with Crippen LogP contribution in [0.15, 0.2) is 10.3 Å². The van der Waals surface area contributed by atoms with E-state index >= 15 is 0 Å². The van der Waals surface area contributed by atoms with Gasteiger partial charge in [0.15, 0.2) is 0 Å². The Morgan fingerprint density at radius 2 is 1.11 bits per heavy atom. The molecule has 0 aromatic rings. The molecule has 1 radical (unpaired) electrons. The van der Waals surface area contributed by atoms with E-state index in [0.29, 0.717) is 24.5 Å². The van der Waals surface area contributed by atoms with Gasteiger partial charge in [0.05, 0.1) is 22.5 Å². The third-order valence-corrected chi connectivity index (χ3v) is 3.37.